The molecule has 0 unspecified atom stereocenters. The maximum Gasteiger partial charge on any atom is 0.237 e. The van der Waals surface area contributed by atoms with Crippen molar-refractivity contribution in [2.45, 2.75) is 19.0 Å². The quantitative estimate of drug-likeness (QED) is 0.643. The van der Waals surface area contributed by atoms with E-state index >= 15 is 0 Å². The Hall–Kier alpha value is -3.31. The summed E-state index contributed by atoms with van der Waals surface area (Å²) < 4.78 is 0. The zero-order chi connectivity index (χ0) is 21.6. The number of nitrogens with zero attached hydrogens (tertiary/aromatic N) is 2. The predicted octanol–water partition coefficient (Wildman–Crippen LogP) is 3.81. The molecule has 0 aromatic heterocycles. The van der Waals surface area contributed by atoms with Gasteiger partial charge in [-0.2, -0.15) is 0 Å². The number of phenols is 1. The van der Waals surface area contributed by atoms with Crippen molar-refractivity contribution in [3.8, 4) is 5.75 Å². The Labute approximate surface area is 183 Å². The van der Waals surface area contributed by atoms with E-state index in [1.807, 2.05) is 85.8 Å². The van der Waals surface area contributed by atoms with Gasteiger partial charge in [0.2, 0.25) is 5.91 Å². The first-order valence-electron chi connectivity index (χ1n) is 10.8. The van der Waals surface area contributed by atoms with Crippen LogP contribution in [0.3, 0.4) is 0 Å². The average Bonchev–Trinajstić information content (AvgIpc) is 2.83. The molecule has 1 saturated heterocycles. The first kappa shape index (κ1) is 20.9. The summed E-state index contributed by atoms with van der Waals surface area (Å²) in [5.41, 5.74) is 2.99. The third-order valence-corrected chi connectivity index (χ3v) is 6.02. The predicted molar refractivity (Wildman–Crippen MR) is 124 cm³/mol. The molecule has 1 fully saturated rings. The molecule has 1 heterocycles. The van der Waals surface area contributed by atoms with Crippen molar-refractivity contribution >= 4 is 11.6 Å². The molecule has 0 spiro atoms. The van der Waals surface area contributed by atoms with Crippen LogP contribution in [0, 0.1) is 0 Å². The molecule has 31 heavy (non-hydrogen) atoms. The smallest absolute Gasteiger partial charge is 0.237 e. The first-order valence-corrected chi connectivity index (χ1v) is 10.8. The molecule has 0 bridgehead atoms. The van der Waals surface area contributed by atoms with Gasteiger partial charge in [0.25, 0.3) is 0 Å². The summed E-state index contributed by atoms with van der Waals surface area (Å²) in [6.45, 7) is 5.05. The number of piperazine rings is 1. The molecular formula is C26H29N3O2. The minimum absolute atomic E-state index is 0.0220. The monoisotopic (exact) mass is 415 g/mol. The maximum absolute atomic E-state index is 13.2. The molecule has 1 aliphatic rings. The van der Waals surface area contributed by atoms with Crippen LogP contribution in [0.4, 0.5) is 5.69 Å². The molecule has 3 aromatic rings. The number of phenolic OH excluding ortho intramolecular Hbond substituents is 1. The van der Waals surface area contributed by atoms with Gasteiger partial charge in [0.1, 0.15) is 5.75 Å². The Morgan fingerprint density at radius 3 is 1.87 bits per heavy atom. The lowest BCUT2D eigenvalue weighted by Gasteiger charge is -2.39. The highest BCUT2D eigenvalue weighted by molar-refractivity contribution is 5.82. The second-order valence-corrected chi connectivity index (χ2v) is 7.95. The van der Waals surface area contributed by atoms with E-state index in [0.717, 1.165) is 43.0 Å². The summed E-state index contributed by atoms with van der Waals surface area (Å²) in [6.07, 6.45) is 0. The third kappa shape index (κ3) is 4.89. The van der Waals surface area contributed by atoms with Crippen molar-refractivity contribution in [2.75, 3.05) is 31.1 Å². The zero-order valence-corrected chi connectivity index (χ0v) is 17.8. The summed E-state index contributed by atoms with van der Waals surface area (Å²) >= 11 is 0. The molecule has 2 N–H and O–H groups in total. The number of carbonyl (C=O) groups is 1. The van der Waals surface area contributed by atoms with Crippen LogP contribution in [0.5, 0.6) is 5.75 Å². The summed E-state index contributed by atoms with van der Waals surface area (Å²) in [5, 5.41) is 13.4. The van der Waals surface area contributed by atoms with Crippen LogP contribution in [0.15, 0.2) is 84.9 Å². The molecule has 0 aliphatic carbocycles. The normalized spacial score (nSPS) is 15.6. The highest BCUT2D eigenvalue weighted by Gasteiger charge is 2.28. The lowest BCUT2D eigenvalue weighted by Crippen LogP contribution is -2.54. The van der Waals surface area contributed by atoms with E-state index in [4.69, 9.17) is 0 Å². The van der Waals surface area contributed by atoms with Gasteiger partial charge in [-0.25, -0.2) is 0 Å². The Morgan fingerprint density at radius 2 is 1.32 bits per heavy atom. The number of amides is 1. The van der Waals surface area contributed by atoms with Gasteiger partial charge in [-0.1, -0.05) is 72.8 Å². The standard InChI is InChI=1S/C26H29N3O2/c1-20(28-16-18-29(19-17-28)23-14-8-9-15-24(23)30)26(31)27-25(21-10-4-2-5-11-21)22-12-6-3-7-13-22/h2-15,20,25,30H,16-19H2,1H3,(H,27,31)/t20-/m0/s1. The molecule has 160 valence electrons. The number of benzene rings is 3. The van der Waals surface area contributed by atoms with E-state index < -0.39 is 0 Å². The molecule has 0 radical (unpaired) electrons. The topological polar surface area (TPSA) is 55.8 Å². The Bertz CT molecular complexity index is 946. The number of para-hydroxylation sites is 2. The van der Waals surface area contributed by atoms with Crippen LogP contribution in [0.1, 0.15) is 24.1 Å². The summed E-state index contributed by atoms with van der Waals surface area (Å²) in [6, 6.07) is 27.2. The molecule has 4 rings (SSSR count). The van der Waals surface area contributed by atoms with Crippen molar-refractivity contribution in [1.29, 1.82) is 0 Å². The van der Waals surface area contributed by atoms with Crippen LogP contribution in [-0.4, -0.2) is 48.1 Å². The van der Waals surface area contributed by atoms with E-state index in [0.29, 0.717) is 5.75 Å². The molecule has 5 nitrogen and oxygen atoms in total. The third-order valence-electron chi connectivity index (χ3n) is 6.02. The fourth-order valence-electron chi connectivity index (χ4n) is 4.16. The van der Waals surface area contributed by atoms with Gasteiger partial charge in [0.05, 0.1) is 17.8 Å². The van der Waals surface area contributed by atoms with Crippen molar-refractivity contribution in [3.05, 3.63) is 96.1 Å². The van der Waals surface area contributed by atoms with E-state index in [2.05, 4.69) is 15.1 Å². The highest BCUT2D eigenvalue weighted by Crippen LogP contribution is 2.28. The van der Waals surface area contributed by atoms with Crippen molar-refractivity contribution in [1.82, 2.24) is 10.2 Å². The van der Waals surface area contributed by atoms with Gasteiger partial charge in [-0.3, -0.25) is 9.69 Å². The van der Waals surface area contributed by atoms with Gasteiger partial charge in [0, 0.05) is 26.2 Å². The van der Waals surface area contributed by atoms with Gasteiger partial charge < -0.3 is 15.3 Å². The van der Waals surface area contributed by atoms with Crippen LogP contribution < -0.4 is 10.2 Å². The second kappa shape index (κ2) is 9.67. The minimum Gasteiger partial charge on any atom is -0.506 e. The van der Waals surface area contributed by atoms with Crippen LogP contribution in [-0.2, 0) is 4.79 Å². The summed E-state index contributed by atoms with van der Waals surface area (Å²) in [4.78, 5) is 17.6. The number of carbonyl (C=O) groups excluding carboxylic acids is 1. The fourth-order valence-corrected chi connectivity index (χ4v) is 4.16. The van der Waals surface area contributed by atoms with Crippen molar-refractivity contribution in [3.63, 3.8) is 0 Å². The minimum atomic E-state index is -0.235. The van der Waals surface area contributed by atoms with Crippen LogP contribution >= 0.6 is 0 Å². The van der Waals surface area contributed by atoms with E-state index in [1.165, 1.54) is 0 Å². The number of anilines is 1. The largest absolute Gasteiger partial charge is 0.506 e. The van der Waals surface area contributed by atoms with Crippen molar-refractivity contribution < 1.29 is 9.90 Å². The Kier molecular flexibility index (Phi) is 6.53. The number of aromatic hydroxyl groups is 1. The average molecular weight is 416 g/mol. The zero-order valence-electron chi connectivity index (χ0n) is 17.8. The molecule has 5 heteroatoms. The molecule has 1 atom stereocenters. The van der Waals surface area contributed by atoms with E-state index in [9.17, 15) is 9.90 Å². The SMILES string of the molecule is C[C@@H](C(=O)NC(c1ccccc1)c1ccccc1)N1CCN(c2ccccc2O)CC1. The van der Waals surface area contributed by atoms with Crippen LogP contribution in [0.25, 0.3) is 0 Å². The van der Waals surface area contributed by atoms with Gasteiger partial charge >= 0.3 is 0 Å². The highest BCUT2D eigenvalue weighted by atomic mass is 16.3. The molecule has 0 saturated carbocycles. The lowest BCUT2D eigenvalue weighted by molar-refractivity contribution is -0.126. The molecule has 1 aliphatic heterocycles. The molecule has 3 aromatic carbocycles. The van der Waals surface area contributed by atoms with Gasteiger partial charge in [-0.05, 0) is 30.2 Å². The van der Waals surface area contributed by atoms with Crippen LogP contribution in [0.2, 0.25) is 0 Å². The number of nitrogens with one attached hydrogen (secondary N) is 1. The molecule has 1 amide bonds. The summed E-state index contributed by atoms with van der Waals surface area (Å²) in [7, 11) is 0. The maximum atomic E-state index is 13.2. The fraction of sp³-hybridized carbons (Fsp3) is 0.269. The number of rotatable bonds is 6. The van der Waals surface area contributed by atoms with Gasteiger partial charge in [0.15, 0.2) is 0 Å². The first-order chi connectivity index (χ1) is 15.1. The number of hydrogen-bond acceptors (Lipinski definition) is 4. The Morgan fingerprint density at radius 1 is 0.806 bits per heavy atom. The summed E-state index contributed by atoms with van der Waals surface area (Å²) in [5.74, 6) is 0.323. The molecular weight excluding hydrogens is 386 g/mol. The van der Waals surface area contributed by atoms with E-state index in [1.54, 1.807) is 6.07 Å². The number of hydrogen-bond donors (Lipinski definition) is 2. The lowest BCUT2D eigenvalue weighted by atomic mass is 9.98. The van der Waals surface area contributed by atoms with Crippen molar-refractivity contribution in [2.24, 2.45) is 0 Å². The second-order valence-electron chi connectivity index (χ2n) is 7.95. The van der Waals surface area contributed by atoms with Gasteiger partial charge in [-0.15, -0.1) is 0 Å². The van der Waals surface area contributed by atoms with E-state index in [-0.39, 0.29) is 18.0 Å². The Balaban J connectivity index is 1.42.